The van der Waals surface area contributed by atoms with Gasteiger partial charge in [-0.2, -0.15) is 0 Å². The lowest BCUT2D eigenvalue weighted by atomic mass is 9.98. The van der Waals surface area contributed by atoms with Gasteiger partial charge >= 0.3 is 5.97 Å². The van der Waals surface area contributed by atoms with Crippen molar-refractivity contribution in [3.8, 4) is 0 Å². The molecule has 6 heteroatoms. The van der Waals surface area contributed by atoms with Gasteiger partial charge in [-0.1, -0.05) is 0 Å². The standard InChI is InChI=1S/C15H22N2O4/c1-2-20-15(19)12-5-3-7-17(10-12)11-14(18)16-9-13-6-4-8-21-13/h4,6,8,12H,2-3,5,7,9-11H2,1H3,(H,16,18). The first-order chi connectivity index (χ1) is 10.2. The molecular formula is C15H22N2O4. The highest BCUT2D eigenvalue weighted by atomic mass is 16.5. The number of hydrogen-bond acceptors (Lipinski definition) is 5. The first-order valence-electron chi connectivity index (χ1n) is 7.37. The van der Waals surface area contributed by atoms with E-state index in [-0.39, 0.29) is 17.8 Å². The molecule has 1 aliphatic heterocycles. The second-order valence-corrected chi connectivity index (χ2v) is 5.18. The minimum Gasteiger partial charge on any atom is -0.467 e. The largest absolute Gasteiger partial charge is 0.467 e. The van der Waals surface area contributed by atoms with Crippen LogP contribution in [0.1, 0.15) is 25.5 Å². The molecular weight excluding hydrogens is 272 g/mol. The Morgan fingerprint density at radius 3 is 3.10 bits per heavy atom. The molecule has 1 N–H and O–H groups in total. The molecule has 116 valence electrons. The van der Waals surface area contributed by atoms with Gasteiger partial charge in [-0.25, -0.2) is 0 Å². The van der Waals surface area contributed by atoms with Crippen LogP contribution in [-0.2, 0) is 20.9 Å². The van der Waals surface area contributed by atoms with Crippen molar-refractivity contribution >= 4 is 11.9 Å². The van der Waals surface area contributed by atoms with Crippen LogP contribution in [0.2, 0.25) is 0 Å². The van der Waals surface area contributed by atoms with Crippen LogP contribution >= 0.6 is 0 Å². The maximum Gasteiger partial charge on any atom is 0.310 e. The lowest BCUT2D eigenvalue weighted by Crippen LogP contribution is -2.44. The number of furan rings is 1. The van der Waals surface area contributed by atoms with E-state index in [0.717, 1.165) is 25.1 Å². The first kappa shape index (κ1) is 15.6. The number of ether oxygens (including phenoxy) is 1. The van der Waals surface area contributed by atoms with E-state index in [2.05, 4.69) is 5.32 Å². The molecule has 21 heavy (non-hydrogen) atoms. The van der Waals surface area contributed by atoms with Crippen molar-refractivity contribution in [2.24, 2.45) is 5.92 Å². The van der Waals surface area contributed by atoms with Crippen LogP contribution in [0, 0.1) is 5.92 Å². The van der Waals surface area contributed by atoms with Gasteiger partial charge in [-0.15, -0.1) is 0 Å². The molecule has 1 atom stereocenters. The zero-order valence-corrected chi connectivity index (χ0v) is 12.3. The highest BCUT2D eigenvalue weighted by Crippen LogP contribution is 2.17. The van der Waals surface area contributed by atoms with Crippen LogP contribution in [0.3, 0.4) is 0 Å². The predicted molar refractivity (Wildman–Crippen MR) is 76.4 cm³/mol. The third-order valence-corrected chi connectivity index (χ3v) is 3.53. The monoisotopic (exact) mass is 294 g/mol. The van der Waals surface area contributed by atoms with E-state index in [1.54, 1.807) is 19.3 Å². The molecule has 0 bridgehead atoms. The Kier molecular flexibility index (Phi) is 5.80. The van der Waals surface area contributed by atoms with E-state index in [1.165, 1.54) is 0 Å². The minimum absolute atomic E-state index is 0.0593. The molecule has 1 saturated heterocycles. The van der Waals surface area contributed by atoms with Crippen LogP contribution in [0.15, 0.2) is 22.8 Å². The van der Waals surface area contributed by atoms with Crippen molar-refractivity contribution in [1.82, 2.24) is 10.2 Å². The summed E-state index contributed by atoms with van der Waals surface area (Å²) in [5.74, 6) is 0.400. The van der Waals surface area contributed by atoms with Crippen molar-refractivity contribution < 1.29 is 18.7 Å². The molecule has 1 amide bonds. The molecule has 0 radical (unpaired) electrons. The Hall–Kier alpha value is -1.82. The molecule has 0 aromatic carbocycles. The van der Waals surface area contributed by atoms with E-state index in [9.17, 15) is 9.59 Å². The molecule has 1 unspecified atom stereocenters. The van der Waals surface area contributed by atoms with Gasteiger partial charge in [0.1, 0.15) is 5.76 Å². The van der Waals surface area contributed by atoms with E-state index in [4.69, 9.17) is 9.15 Å². The zero-order chi connectivity index (χ0) is 15.1. The number of rotatable bonds is 6. The molecule has 1 aromatic heterocycles. The summed E-state index contributed by atoms with van der Waals surface area (Å²) < 4.78 is 10.2. The smallest absolute Gasteiger partial charge is 0.310 e. The summed E-state index contributed by atoms with van der Waals surface area (Å²) in [5, 5.41) is 2.81. The zero-order valence-electron chi connectivity index (χ0n) is 12.3. The van der Waals surface area contributed by atoms with Crippen LogP contribution in [-0.4, -0.2) is 43.0 Å². The molecule has 2 rings (SSSR count). The van der Waals surface area contributed by atoms with Gasteiger partial charge in [0, 0.05) is 6.54 Å². The molecule has 2 heterocycles. The second kappa shape index (κ2) is 7.83. The number of carbonyl (C=O) groups excluding carboxylic acids is 2. The first-order valence-corrected chi connectivity index (χ1v) is 7.37. The van der Waals surface area contributed by atoms with Crippen molar-refractivity contribution in [1.29, 1.82) is 0 Å². The van der Waals surface area contributed by atoms with E-state index < -0.39 is 0 Å². The Labute approximate surface area is 124 Å². The summed E-state index contributed by atoms with van der Waals surface area (Å²) in [6.07, 6.45) is 3.33. The van der Waals surface area contributed by atoms with E-state index >= 15 is 0 Å². The van der Waals surface area contributed by atoms with Crippen molar-refractivity contribution in [3.05, 3.63) is 24.2 Å². The Morgan fingerprint density at radius 2 is 2.38 bits per heavy atom. The van der Waals surface area contributed by atoms with Crippen molar-refractivity contribution in [2.45, 2.75) is 26.3 Å². The van der Waals surface area contributed by atoms with Crippen LogP contribution < -0.4 is 5.32 Å². The second-order valence-electron chi connectivity index (χ2n) is 5.18. The Morgan fingerprint density at radius 1 is 1.52 bits per heavy atom. The molecule has 0 aliphatic carbocycles. The topological polar surface area (TPSA) is 71.8 Å². The molecule has 0 saturated carbocycles. The predicted octanol–water partition coefficient (Wildman–Crippen LogP) is 1.17. The Bertz CT molecular complexity index is 458. The van der Waals surface area contributed by atoms with Crippen LogP contribution in [0.4, 0.5) is 0 Å². The number of likely N-dealkylation sites (tertiary alicyclic amines) is 1. The molecule has 6 nitrogen and oxygen atoms in total. The average Bonchev–Trinajstić information content (AvgIpc) is 2.99. The quantitative estimate of drug-likeness (QED) is 0.797. The number of hydrogen-bond donors (Lipinski definition) is 1. The van der Waals surface area contributed by atoms with Crippen molar-refractivity contribution in [2.75, 3.05) is 26.2 Å². The number of nitrogens with one attached hydrogen (secondary N) is 1. The van der Waals surface area contributed by atoms with Gasteiger partial charge in [0.05, 0.1) is 31.9 Å². The normalized spacial score (nSPS) is 19.2. The maximum atomic E-state index is 11.9. The average molecular weight is 294 g/mol. The summed E-state index contributed by atoms with van der Waals surface area (Å²) in [4.78, 5) is 25.6. The van der Waals surface area contributed by atoms with Crippen LogP contribution in [0.25, 0.3) is 0 Å². The lowest BCUT2D eigenvalue weighted by molar-refractivity contribution is -0.150. The number of nitrogens with zero attached hydrogens (tertiary/aromatic N) is 1. The maximum absolute atomic E-state index is 11.9. The lowest BCUT2D eigenvalue weighted by Gasteiger charge is -2.30. The Balaban J connectivity index is 1.74. The number of amides is 1. The van der Waals surface area contributed by atoms with Gasteiger partial charge in [0.15, 0.2) is 0 Å². The van der Waals surface area contributed by atoms with Gasteiger partial charge < -0.3 is 14.5 Å². The summed E-state index contributed by atoms with van der Waals surface area (Å²) in [6.45, 7) is 4.33. The third kappa shape index (κ3) is 4.90. The number of esters is 1. The van der Waals surface area contributed by atoms with Gasteiger partial charge in [-0.05, 0) is 38.4 Å². The van der Waals surface area contributed by atoms with E-state index in [0.29, 0.717) is 26.2 Å². The molecule has 1 aromatic rings. The summed E-state index contributed by atoms with van der Waals surface area (Å²) in [7, 11) is 0. The fourth-order valence-electron chi connectivity index (χ4n) is 2.51. The van der Waals surface area contributed by atoms with Crippen LogP contribution in [0.5, 0.6) is 0 Å². The molecule has 1 aliphatic rings. The van der Waals surface area contributed by atoms with Gasteiger partial charge in [0.25, 0.3) is 0 Å². The fourth-order valence-corrected chi connectivity index (χ4v) is 2.51. The van der Waals surface area contributed by atoms with Gasteiger partial charge in [-0.3, -0.25) is 14.5 Å². The SMILES string of the molecule is CCOC(=O)C1CCCN(CC(=O)NCc2ccco2)C1. The molecule has 1 fully saturated rings. The fraction of sp³-hybridized carbons (Fsp3) is 0.600. The third-order valence-electron chi connectivity index (χ3n) is 3.53. The minimum atomic E-state index is -0.154. The summed E-state index contributed by atoms with van der Waals surface area (Å²) >= 11 is 0. The molecule has 0 spiro atoms. The van der Waals surface area contributed by atoms with Gasteiger partial charge in [0.2, 0.25) is 5.91 Å². The number of carbonyl (C=O) groups is 2. The summed E-state index contributed by atoms with van der Waals surface area (Å²) in [6, 6.07) is 3.61. The van der Waals surface area contributed by atoms with Crippen molar-refractivity contribution in [3.63, 3.8) is 0 Å². The number of piperidine rings is 1. The summed E-state index contributed by atoms with van der Waals surface area (Å²) in [5.41, 5.74) is 0. The van der Waals surface area contributed by atoms with E-state index in [1.807, 2.05) is 11.0 Å². The highest BCUT2D eigenvalue weighted by Gasteiger charge is 2.27. The highest BCUT2D eigenvalue weighted by molar-refractivity contribution is 5.78.